The van der Waals surface area contributed by atoms with E-state index in [2.05, 4.69) is 6.07 Å². The zero-order valence-electron chi connectivity index (χ0n) is 14.8. The lowest BCUT2D eigenvalue weighted by Crippen LogP contribution is -2.22. The number of halogens is 1. The predicted molar refractivity (Wildman–Crippen MR) is 95.9 cm³/mol. The molecule has 1 aliphatic heterocycles. The van der Waals surface area contributed by atoms with E-state index in [0.29, 0.717) is 19.6 Å². The first-order valence-electron chi connectivity index (χ1n) is 8.95. The van der Waals surface area contributed by atoms with Gasteiger partial charge in [-0.3, -0.25) is 0 Å². The van der Waals surface area contributed by atoms with E-state index in [4.69, 9.17) is 30.5 Å². The summed E-state index contributed by atoms with van der Waals surface area (Å²) in [7, 11) is 0. The highest BCUT2D eigenvalue weighted by molar-refractivity contribution is 6.30. The first-order chi connectivity index (χ1) is 12.1. The molecule has 6 heteroatoms. The summed E-state index contributed by atoms with van der Waals surface area (Å²) >= 11 is 5.96. The fraction of sp³-hybridized carbons (Fsp3) is 0.632. The van der Waals surface area contributed by atoms with Crippen LogP contribution in [0.25, 0.3) is 0 Å². The average Bonchev–Trinajstić information content (AvgIpc) is 3.33. The number of aryl methyl sites for hydroxylation is 1. The molecule has 1 heterocycles. The van der Waals surface area contributed by atoms with Crippen LogP contribution in [0.1, 0.15) is 44.6 Å². The van der Waals surface area contributed by atoms with Crippen molar-refractivity contribution in [1.29, 1.82) is 0 Å². The molecule has 1 unspecified atom stereocenters. The first-order valence-corrected chi connectivity index (χ1v) is 9.33. The van der Waals surface area contributed by atoms with Gasteiger partial charge in [-0.1, -0.05) is 30.2 Å². The Balaban J connectivity index is 1.43. The van der Waals surface area contributed by atoms with Gasteiger partial charge in [0.15, 0.2) is 0 Å². The van der Waals surface area contributed by atoms with E-state index in [1.165, 1.54) is 5.56 Å². The molecule has 1 aromatic carbocycles. The summed E-state index contributed by atoms with van der Waals surface area (Å²) in [5, 5.41) is 0.780. The van der Waals surface area contributed by atoms with Crippen LogP contribution in [0.5, 0.6) is 0 Å². The lowest BCUT2D eigenvalue weighted by atomic mass is 10.1. The molecule has 0 spiro atoms. The third-order valence-electron chi connectivity index (χ3n) is 3.99. The van der Waals surface area contributed by atoms with E-state index in [0.717, 1.165) is 50.3 Å². The number of ether oxygens (including phenoxy) is 4. The number of epoxide rings is 1. The number of carbonyl (C=O) groups is 1. The van der Waals surface area contributed by atoms with Gasteiger partial charge in [0.1, 0.15) is 6.61 Å². The van der Waals surface area contributed by atoms with Gasteiger partial charge in [-0.05, 0) is 50.3 Å². The highest BCUT2D eigenvalue weighted by Gasteiger charge is 2.49. The fourth-order valence-corrected chi connectivity index (χ4v) is 2.79. The van der Waals surface area contributed by atoms with Crippen molar-refractivity contribution >= 4 is 17.8 Å². The predicted octanol–water partition coefficient (Wildman–Crippen LogP) is 4.75. The Kier molecular flexibility index (Phi) is 8.52. The molecule has 1 saturated heterocycles. The second kappa shape index (κ2) is 10.6. The second-order valence-corrected chi connectivity index (χ2v) is 6.58. The number of carbonyl (C=O) groups excluding carboxylic acids is 1. The summed E-state index contributed by atoms with van der Waals surface area (Å²) < 4.78 is 20.9. The molecule has 2 rings (SSSR count). The summed E-state index contributed by atoms with van der Waals surface area (Å²) in [4.78, 5) is 11.3. The first kappa shape index (κ1) is 20.0. The lowest BCUT2D eigenvalue weighted by molar-refractivity contribution is -0.0383. The molecule has 0 bridgehead atoms. The van der Waals surface area contributed by atoms with Crippen LogP contribution in [0.3, 0.4) is 0 Å². The van der Waals surface area contributed by atoms with Crippen LogP contribution in [0, 0.1) is 0 Å². The highest BCUT2D eigenvalue weighted by atomic mass is 35.5. The molecular weight excluding hydrogens is 344 g/mol. The van der Waals surface area contributed by atoms with Gasteiger partial charge in [0.2, 0.25) is 5.79 Å². The van der Waals surface area contributed by atoms with Gasteiger partial charge < -0.3 is 18.9 Å². The summed E-state index contributed by atoms with van der Waals surface area (Å²) in [5.41, 5.74) is 1.24. The van der Waals surface area contributed by atoms with Crippen molar-refractivity contribution in [1.82, 2.24) is 0 Å². The summed E-state index contributed by atoms with van der Waals surface area (Å²) in [6, 6.07) is 7.94. The van der Waals surface area contributed by atoms with E-state index in [9.17, 15) is 4.79 Å². The van der Waals surface area contributed by atoms with Crippen LogP contribution >= 0.6 is 11.6 Å². The Morgan fingerprint density at radius 3 is 2.76 bits per heavy atom. The fourth-order valence-electron chi connectivity index (χ4n) is 2.58. The SMILES string of the molecule is CCOC(=O)OC1(CCCCCOCCCc2cccc(Cl)c2)CO1. The zero-order chi connectivity index (χ0) is 18.0. The van der Waals surface area contributed by atoms with Crippen molar-refractivity contribution in [3.63, 3.8) is 0 Å². The number of rotatable bonds is 12. The zero-order valence-corrected chi connectivity index (χ0v) is 15.6. The third kappa shape index (κ3) is 8.08. The number of benzene rings is 1. The van der Waals surface area contributed by atoms with Gasteiger partial charge in [-0.15, -0.1) is 0 Å². The topological polar surface area (TPSA) is 57.3 Å². The van der Waals surface area contributed by atoms with Gasteiger partial charge in [0, 0.05) is 24.7 Å². The van der Waals surface area contributed by atoms with Crippen LogP contribution < -0.4 is 0 Å². The number of unbranched alkanes of at least 4 members (excludes halogenated alkanes) is 2. The van der Waals surface area contributed by atoms with Crippen LogP contribution in [0.2, 0.25) is 5.02 Å². The van der Waals surface area contributed by atoms with Gasteiger partial charge in [-0.25, -0.2) is 4.79 Å². The summed E-state index contributed by atoms with van der Waals surface area (Å²) in [5.74, 6) is -0.732. The van der Waals surface area contributed by atoms with Gasteiger partial charge in [-0.2, -0.15) is 0 Å². The van der Waals surface area contributed by atoms with E-state index < -0.39 is 11.9 Å². The molecule has 140 valence electrons. The molecule has 1 atom stereocenters. The number of hydrogen-bond acceptors (Lipinski definition) is 5. The van der Waals surface area contributed by atoms with E-state index in [1.54, 1.807) is 6.92 Å². The van der Waals surface area contributed by atoms with Gasteiger partial charge in [0.05, 0.1) is 6.61 Å². The van der Waals surface area contributed by atoms with Crippen molar-refractivity contribution in [3.05, 3.63) is 34.9 Å². The molecule has 0 amide bonds. The van der Waals surface area contributed by atoms with Gasteiger partial charge >= 0.3 is 6.16 Å². The van der Waals surface area contributed by atoms with E-state index in [-0.39, 0.29) is 0 Å². The van der Waals surface area contributed by atoms with Crippen LogP contribution in [-0.2, 0) is 25.4 Å². The molecule has 1 aromatic rings. The maximum Gasteiger partial charge on any atom is 0.510 e. The van der Waals surface area contributed by atoms with Crippen molar-refractivity contribution in [3.8, 4) is 0 Å². The molecule has 0 N–H and O–H groups in total. The standard InChI is InChI=1S/C19H27ClO5/c1-2-23-18(21)25-19(15-24-19)11-4-3-5-12-22-13-7-9-16-8-6-10-17(20)14-16/h6,8,10,14H,2-5,7,9,11-13,15H2,1H3. The van der Waals surface area contributed by atoms with E-state index in [1.807, 2.05) is 18.2 Å². The molecule has 1 aliphatic rings. The Hall–Kier alpha value is -1.30. The maximum absolute atomic E-state index is 11.3. The smallest absolute Gasteiger partial charge is 0.435 e. The van der Waals surface area contributed by atoms with Crippen LogP contribution in [0.4, 0.5) is 4.79 Å². The summed E-state index contributed by atoms with van der Waals surface area (Å²) in [6.45, 7) is 4.03. The van der Waals surface area contributed by atoms with Crippen molar-refractivity contribution < 1.29 is 23.7 Å². The minimum absolute atomic E-state index is 0.309. The minimum Gasteiger partial charge on any atom is -0.435 e. The molecule has 5 nitrogen and oxygen atoms in total. The molecule has 1 fully saturated rings. The maximum atomic E-state index is 11.3. The normalized spacial score (nSPS) is 18.8. The quantitative estimate of drug-likeness (QED) is 0.302. The third-order valence-corrected chi connectivity index (χ3v) is 4.22. The second-order valence-electron chi connectivity index (χ2n) is 6.14. The Labute approximate surface area is 154 Å². The highest BCUT2D eigenvalue weighted by Crippen LogP contribution is 2.34. The number of hydrogen-bond donors (Lipinski definition) is 0. The van der Waals surface area contributed by atoms with Gasteiger partial charge in [0.25, 0.3) is 0 Å². The molecule has 0 aliphatic carbocycles. The Bertz CT molecular complexity index is 530. The molecule has 0 radical (unpaired) electrons. The minimum atomic E-state index is -0.732. The average molecular weight is 371 g/mol. The largest absolute Gasteiger partial charge is 0.510 e. The van der Waals surface area contributed by atoms with Crippen molar-refractivity contribution in [2.75, 3.05) is 26.4 Å². The monoisotopic (exact) mass is 370 g/mol. The molecular formula is C19H27ClO5. The Morgan fingerprint density at radius 2 is 2.04 bits per heavy atom. The molecule has 0 aromatic heterocycles. The lowest BCUT2D eigenvalue weighted by Gasteiger charge is -2.12. The molecule has 25 heavy (non-hydrogen) atoms. The summed E-state index contributed by atoms with van der Waals surface area (Å²) in [6.07, 6.45) is 4.98. The van der Waals surface area contributed by atoms with Crippen LogP contribution in [-0.4, -0.2) is 38.4 Å². The molecule has 0 saturated carbocycles. The van der Waals surface area contributed by atoms with Crippen molar-refractivity contribution in [2.24, 2.45) is 0 Å². The van der Waals surface area contributed by atoms with Crippen molar-refractivity contribution in [2.45, 2.75) is 51.2 Å². The van der Waals surface area contributed by atoms with Crippen LogP contribution in [0.15, 0.2) is 24.3 Å². The van der Waals surface area contributed by atoms with E-state index >= 15 is 0 Å². The Morgan fingerprint density at radius 1 is 1.24 bits per heavy atom.